The van der Waals surface area contributed by atoms with Crippen LogP contribution in [0.1, 0.15) is 22.3 Å². The summed E-state index contributed by atoms with van der Waals surface area (Å²) >= 11 is 0. The maximum atomic E-state index is 4.41. The van der Waals surface area contributed by atoms with Gasteiger partial charge < -0.3 is 10.2 Å². The standard InChI is InChI=1S/C17H23N3/c1-12-9-13(2)15(14(3)10-12)11-19-16-7-6-8-18-17(16)20(4)5/h6-10,19H,11H2,1-5H3. The molecule has 2 aromatic rings. The van der Waals surface area contributed by atoms with Crippen LogP contribution in [-0.4, -0.2) is 19.1 Å². The largest absolute Gasteiger partial charge is 0.378 e. The lowest BCUT2D eigenvalue weighted by molar-refractivity contribution is 1.04. The Morgan fingerprint density at radius 1 is 1.10 bits per heavy atom. The summed E-state index contributed by atoms with van der Waals surface area (Å²) in [6, 6.07) is 8.51. The van der Waals surface area contributed by atoms with Gasteiger partial charge in [0.15, 0.2) is 5.82 Å². The predicted octanol–water partition coefficient (Wildman–Crippen LogP) is 3.68. The normalized spacial score (nSPS) is 10.4. The number of rotatable bonds is 4. The number of hydrogen-bond acceptors (Lipinski definition) is 3. The predicted molar refractivity (Wildman–Crippen MR) is 86.5 cm³/mol. The molecule has 0 amide bonds. The van der Waals surface area contributed by atoms with Gasteiger partial charge in [-0.25, -0.2) is 4.98 Å². The van der Waals surface area contributed by atoms with Gasteiger partial charge in [-0.3, -0.25) is 0 Å². The monoisotopic (exact) mass is 269 g/mol. The molecular formula is C17H23N3. The first-order valence-corrected chi connectivity index (χ1v) is 6.92. The van der Waals surface area contributed by atoms with E-state index in [4.69, 9.17) is 0 Å². The summed E-state index contributed by atoms with van der Waals surface area (Å²) in [7, 11) is 4.02. The summed E-state index contributed by atoms with van der Waals surface area (Å²) in [6.45, 7) is 7.31. The summed E-state index contributed by atoms with van der Waals surface area (Å²) in [4.78, 5) is 6.44. The highest BCUT2D eigenvalue weighted by atomic mass is 15.2. The minimum Gasteiger partial charge on any atom is -0.378 e. The summed E-state index contributed by atoms with van der Waals surface area (Å²) in [5, 5.41) is 3.51. The lowest BCUT2D eigenvalue weighted by Gasteiger charge is -2.18. The van der Waals surface area contributed by atoms with Crippen LogP contribution in [0.15, 0.2) is 30.5 Å². The molecule has 20 heavy (non-hydrogen) atoms. The van der Waals surface area contributed by atoms with Gasteiger partial charge in [0.1, 0.15) is 0 Å². The smallest absolute Gasteiger partial charge is 0.151 e. The van der Waals surface area contributed by atoms with Crippen molar-refractivity contribution in [2.75, 3.05) is 24.3 Å². The third-order valence-electron chi connectivity index (χ3n) is 3.51. The van der Waals surface area contributed by atoms with Gasteiger partial charge in [0.25, 0.3) is 0 Å². The third kappa shape index (κ3) is 3.10. The molecule has 1 aromatic carbocycles. The lowest BCUT2D eigenvalue weighted by atomic mass is 10.00. The molecule has 1 aromatic heterocycles. The Morgan fingerprint density at radius 2 is 1.75 bits per heavy atom. The number of anilines is 2. The Balaban J connectivity index is 2.22. The number of pyridine rings is 1. The number of hydrogen-bond donors (Lipinski definition) is 1. The second-order valence-corrected chi connectivity index (χ2v) is 5.50. The number of nitrogens with zero attached hydrogens (tertiary/aromatic N) is 2. The first kappa shape index (κ1) is 14.4. The number of aryl methyl sites for hydroxylation is 3. The first-order chi connectivity index (χ1) is 9.49. The number of benzene rings is 1. The zero-order valence-corrected chi connectivity index (χ0v) is 13.0. The van der Waals surface area contributed by atoms with E-state index in [0.717, 1.165) is 18.1 Å². The van der Waals surface area contributed by atoms with Crippen LogP contribution in [0.4, 0.5) is 11.5 Å². The minimum absolute atomic E-state index is 0.824. The van der Waals surface area contributed by atoms with Crippen LogP contribution in [0.3, 0.4) is 0 Å². The molecule has 0 bridgehead atoms. The molecular weight excluding hydrogens is 246 g/mol. The number of aromatic nitrogens is 1. The van der Waals surface area contributed by atoms with E-state index in [9.17, 15) is 0 Å². The van der Waals surface area contributed by atoms with Crippen molar-refractivity contribution in [3.8, 4) is 0 Å². The SMILES string of the molecule is Cc1cc(C)c(CNc2cccnc2N(C)C)c(C)c1. The van der Waals surface area contributed by atoms with Crippen LogP contribution in [0.5, 0.6) is 0 Å². The van der Waals surface area contributed by atoms with Gasteiger partial charge in [-0.1, -0.05) is 17.7 Å². The summed E-state index contributed by atoms with van der Waals surface area (Å²) in [5.41, 5.74) is 6.43. The van der Waals surface area contributed by atoms with Crippen molar-refractivity contribution < 1.29 is 0 Å². The molecule has 2 rings (SSSR count). The molecule has 3 heteroatoms. The lowest BCUT2D eigenvalue weighted by Crippen LogP contribution is -2.14. The van der Waals surface area contributed by atoms with E-state index in [1.54, 1.807) is 0 Å². The Bertz CT molecular complexity index is 580. The average molecular weight is 269 g/mol. The Hall–Kier alpha value is -2.03. The Kier molecular flexibility index (Phi) is 4.28. The maximum absolute atomic E-state index is 4.41. The summed E-state index contributed by atoms with van der Waals surface area (Å²) in [5.74, 6) is 0.968. The van der Waals surface area contributed by atoms with Gasteiger partial charge >= 0.3 is 0 Å². The van der Waals surface area contributed by atoms with Crippen molar-refractivity contribution >= 4 is 11.5 Å². The van der Waals surface area contributed by atoms with Crippen molar-refractivity contribution in [1.29, 1.82) is 0 Å². The summed E-state index contributed by atoms with van der Waals surface area (Å²) < 4.78 is 0. The molecule has 0 aliphatic rings. The molecule has 0 radical (unpaired) electrons. The zero-order chi connectivity index (χ0) is 14.7. The molecule has 0 spiro atoms. The van der Waals surface area contributed by atoms with E-state index >= 15 is 0 Å². The fourth-order valence-corrected chi connectivity index (χ4v) is 2.56. The second-order valence-electron chi connectivity index (χ2n) is 5.50. The van der Waals surface area contributed by atoms with Crippen LogP contribution in [-0.2, 0) is 6.54 Å². The highest BCUT2D eigenvalue weighted by Gasteiger charge is 2.07. The molecule has 0 saturated carbocycles. The third-order valence-corrected chi connectivity index (χ3v) is 3.51. The van der Waals surface area contributed by atoms with Gasteiger partial charge in [0.2, 0.25) is 0 Å². The van der Waals surface area contributed by atoms with Gasteiger partial charge in [-0.2, -0.15) is 0 Å². The molecule has 0 fully saturated rings. The van der Waals surface area contributed by atoms with Crippen LogP contribution in [0.25, 0.3) is 0 Å². The molecule has 3 nitrogen and oxygen atoms in total. The van der Waals surface area contributed by atoms with E-state index in [2.05, 4.69) is 49.3 Å². The van der Waals surface area contributed by atoms with Crippen molar-refractivity contribution in [2.24, 2.45) is 0 Å². The van der Waals surface area contributed by atoms with Crippen molar-refractivity contribution in [3.63, 3.8) is 0 Å². The molecule has 0 unspecified atom stereocenters. The summed E-state index contributed by atoms with van der Waals surface area (Å²) in [6.07, 6.45) is 1.82. The Morgan fingerprint density at radius 3 is 2.35 bits per heavy atom. The molecule has 0 atom stereocenters. The number of nitrogens with one attached hydrogen (secondary N) is 1. The average Bonchev–Trinajstić information content (AvgIpc) is 2.37. The maximum Gasteiger partial charge on any atom is 0.151 e. The highest BCUT2D eigenvalue weighted by Crippen LogP contribution is 2.23. The van der Waals surface area contributed by atoms with Crippen molar-refractivity contribution in [1.82, 2.24) is 4.98 Å². The molecule has 1 heterocycles. The van der Waals surface area contributed by atoms with Crippen LogP contribution in [0, 0.1) is 20.8 Å². The van der Waals surface area contributed by atoms with E-state index in [1.165, 1.54) is 22.3 Å². The van der Waals surface area contributed by atoms with Crippen molar-refractivity contribution in [3.05, 3.63) is 52.7 Å². The van der Waals surface area contributed by atoms with E-state index in [0.29, 0.717) is 0 Å². The topological polar surface area (TPSA) is 28.2 Å². The molecule has 106 valence electrons. The molecule has 1 N–H and O–H groups in total. The van der Waals surface area contributed by atoms with Gasteiger partial charge in [0.05, 0.1) is 5.69 Å². The fraction of sp³-hybridized carbons (Fsp3) is 0.353. The quantitative estimate of drug-likeness (QED) is 0.917. The molecule has 0 aliphatic heterocycles. The second kappa shape index (κ2) is 5.95. The Labute approximate surface area is 121 Å². The fourth-order valence-electron chi connectivity index (χ4n) is 2.56. The van der Waals surface area contributed by atoms with Gasteiger partial charge in [0, 0.05) is 26.8 Å². The van der Waals surface area contributed by atoms with Gasteiger partial charge in [-0.05, 0) is 49.6 Å². The van der Waals surface area contributed by atoms with Crippen LogP contribution >= 0.6 is 0 Å². The molecule has 0 saturated heterocycles. The van der Waals surface area contributed by atoms with Crippen LogP contribution < -0.4 is 10.2 Å². The molecule has 0 aliphatic carbocycles. The first-order valence-electron chi connectivity index (χ1n) is 6.92. The van der Waals surface area contributed by atoms with Gasteiger partial charge in [-0.15, -0.1) is 0 Å². The zero-order valence-electron chi connectivity index (χ0n) is 13.0. The van der Waals surface area contributed by atoms with E-state index < -0.39 is 0 Å². The van der Waals surface area contributed by atoms with E-state index in [1.807, 2.05) is 31.3 Å². The highest BCUT2D eigenvalue weighted by molar-refractivity contribution is 5.65. The van der Waals surface area contributed by atoms with Crippen LogP contribution in [0.2, 0.25) is 0 Å². The van der Waals surface area contributed by atoms with E-state index in [-0.39, 0.29) is 0 Å². The minimum atomic E-state index is 0.824. The van der Waals surface area contributed by atoms with Crippen molar-refractivity contribution in [2.45, 2.75) is 27.3 Å².